The van der Waals surface area contributed by atoms with E-state index in [2.05, 4.69) is 0 Å². The molecule has 0 nitrogen and oxygen atoms in total. The molecule has 0 aliphatic rings. The summed E-state index contributed by atoms with van der Waals surface area (Å²) in [6.07, 6.45) is 0. The maximum absolute atomic E-state index is 14.2. The van der Waals surface area contributed by atoms with E-state index in [1.54, 1.807) is 0 Å². The highest BCUT2D eigenvalue weighted by atomic mass is 27.2. The quantitative estimate of drug-likeness (QED) is 0.278. The summed E-state index contributed by atoms with van der Waals surface area (Å²) in [7, 11) is 0. The maximum Gasteiger partial charge on any atom is 0.200 e. The molecule has 2 aromatic carbocycles. The number of benzene rings is 2. The van der Waals surface area contributed by atoms with E-state index in [4.69, 9.17) is 0 Å². The Morgan fingerprint density at radius 2 is 0.808 bits per heavy atom. The monoisotopic (exact) mass is 403 g/mol. The molecule has 0 amide bonds. The van der Waals surface area contributed by atoms with Crippen molar-refractivity contribution in [2.75, 3.05) is 0 Å². The third kappa shape index (κ3) is 2.87. The molecule has 0 fully saturated rings. The summed E-state index contributed by atoms with van der Waals surface area (Å²) in [4.78, 5) is 0. The van der Waals surface area contributed by atoms with Crippen LogP contribution in [0, 0.1) is 52.4 Å². The highest BCUT2D eigenvalue weighted by Crippen LogP contribution is 2.42. The van der Waals surface area contributed by atoms with Gasteiger partial charge in [0.1, 0.15) is 0 Å². The normalized spacial score (nSPS) is 12.0. The van der Waals surface area contributed by atoms with Crippen molar-refractivity contribution >= 4 is 15.7 Å². The molecule has 0 spiro atoms. The van der Waals surface area contributed by atoms with Crippen LogP contribution in [0.1, 0.15) is 19.4 Å². The zero-order valence-electron chi connectivity index (χ0n) is 12.9. The van der Waals surface area contributed by atoms with E-state index in [-0.39, 0.29) is 0 Å². The fourth-order valence-electron chi connectivity index (χ4n) is 2.35. The molecule has 0 saturated heterocycles. The predicted molar refractivity (Wildman–Crippen MR) is 71.4 cm³/mol. The van der Waals surface area contributed by atoms with Gasteiger partial charge in [-0.25, -0.2) is 39.5 Å². The van der Waals surface area contributed by atoms with Gasteiger partial charge in [-0.05, 0) is 5.56 Å². The first-order valence-corrected chi connectivity index (χ1v) is 7.72. The van der Waals surface area contributed by atoms with E-state index in [1.165, 1.54) is 0 Å². The van der Waals surface area contributed by atoms with Crippen LogP contribution >= 0.6 is 0 Å². The van der Waals surface area contributed by atoms with Crippen molar-refractivity contribution in [1.29, 1.82) is 0 Å². The summed E-state index contributed by atoms with van der Waals surface area (Å²) in [5.74, 6) is -22.4. The Morgan fingerprint density at radius 3 is 1.19 bits per heavy atom. The van der Waals surface area contributed by atoms with E-state index >= 15 is 0 Å². The van der Waals surface area contributed by atoms with Crippen LogP contribution < -0.4 is 0 Å². The number of hydrogen-bond acceptors (Lipinski definition) is 0. The molecule has 0 aliphatic heterocycles. The zero-order valence-corrected chi connectivity index (χ0v) is 14.0. The van der Waals surface area contributed by atoms with E-state index in [9.17, 15) is 43.0 Å². The standard InChI is InChI=1S/C15H6F9.Al.FH/c1-3(2)4-5(8(17)12(21)11(20)7(4)16)6-9(18)13(22)15(24)14(23)10(6)19;;/h1-2H3;;1H/p-1. The first kappa shape index (κ1) is 20.6. The molecular formula is C15H6AlF10-. The Hall–Kier alpha value is -1.73. The van der Waals surface area contributed by atoms with Crippen molar-refractivity contribution in [3.8, 4) is 11.1 Å². The van der Waals surface area contributed by atoms with Crippen LogP contribution in [-0.2, 0) is 4.28 Å². The summed E-state index contributed by atoms with van der Waals surface area (Å²) < 4.78 is 135. The second-order valence-corrected chi connectivity index (χ2v) is 7.44. The molecule has 0 N–H and O–H groups in total. The zero-order chi connectivity index (χ0) is 20.1. The lowest BCUT2D eigenvalue weighted by Crippen LogP contribution is -2.28. The molecule has 26 heavy (non-hydrogen) atoms. The van der Waals surface area contributed by atoms with Gasteiger partial charge >= 0.3 is 0 Å². The summed E-state index contributed by atoms with van der Waals surface area (Å²) in [6, 6.07) is 0. The van der Waals surface area contributed by atoms with Crippen molar-refractivity contribution in [3.05, 3.63) is 57.9 Å². The van der Waals surface area contributed by atoms with Crippen LogP contribution in [0.5, 0.6) is 0 Å². The number of hydrogen-bond donors (Lipinski definition) is 0. The van der Waals surface area contributed by atoms with E-state index in [0.717, 1.165) is 13.8 Å². The minimum Gasteiger partial charge on any atom is -0.677 e. The molecule has 11 heteroatoms. The lowest BCUT2D eigenvalue weighted by Gasteiger charge is -2.35. The molecule has 2 aromatic rings. The Morgan fingerprint density at radius 1 is 0.500 bits per heavy atom. The predicted octanol–water partition coefficient (Wildman–Crippen LogP) is 5.43. The van der Waals surface area contributed by atoms with Gasteiger partial charge in [0.2, 0.25) is 5.82 Å². The topological polar surface area (TPSA) is 0 Å². The minimum atomic E-state index is -2.60. The second kappa shape index (κ2) is 6.78. The number of rotatable bonds is 3. The first-order chi connectivity index (χ1) is 11.9. The Balaban J connectivity index is 3.15. The molecule has 0 aromatic heterocycles. The van der Waals surface area contributed by atoms with Crippen molar-refractivity contribution < 1.29 is 43.0 Å². The van der Waals surface area contributed by atoms with Gasteiger partial charge in [-0.3, -0.25) is 0 Å². The summed E-state index contributed by atoms with van der Waals surface area (Å²) in [5, 5.41) is 0. The molecular weight excluding hydrogens is 397 g/mol. The SMILES string of the molecule is C[C](C)([Al-][F])c1c(F)c(F)c(F)c(F)c1-c1c(F)c(F)c(F)c(F)c1F. The summed E-state index contributed by atoms with van der Waals surface area (Å²) in [6.45, 7) is 1.74. The Labute approximate surface area is 146 Å². The van der Waals surface area contributed by atoms with Gasteiger partial charge in [0.05, 0.1) is 5.56 Å². The third-order valence-electron chi connectivity index (χ3n) is 3.64. The van der Waals surface area contributed by atoms with E-state index in [1.807, 2.05) is 0 Å². The van der Waals surface area contributed by atoms with Crippen LogP contribution in [0.3, 0.4) is 0 Å². The smallest absolute Gasteiger partial charge is 0.200 e. The van der Waals surface area contributed by atoms with Crippen LogP contribution in [0.25, 0.3) is 11.1 Å². The van der Waals surface area contributed by atoms with Gasteiger partial charge in [-0.15, -0.1) is 0 Å². The largest absolute Gasteiger partial charge is 0.677 e. The molecule has 0 saturated carbocycles. The maximum atomic E-state index is 14.2. The van der Waals surface area contributed by atoms with Crippen molar-refractivity contribution in [2.45, 2.75) is 18.1 Å². The average molecular weight is 403 g/mol. The van der Waals surface area contributed by atoms with Crippen LogP contribution in [0.15, 0.2) is 0 Å². The van der Waals surface area contributed by atoms with Crippen molar-refractivity contribution in [2.24, 2.45) is 0 Å². The molecule has 0 bridgehead atoms. The number of halogens is 10. The molecule has 0 unspecified atom stereocenters. The van der Waals surface area contributed by atoms with Gasteiger partial charge in [0.15, 0.2) is 46.5 Å². The minimum absolute atomic E-state index is 0.868. The Kier molecular flexibility index (Phi) is 5.37. The highest BCUT2D eigenvalue weighted by molar-refractivity contribution is 6.31. The van der Waals surface area contributed by atoms with Crippen LogP contribution in [0.2, 0.25) is 0 Å². The van der Waals surface area contributed by atoms with Crippen molar-refractivity contribution in [1.82, 2.24) is 0 Å². The molecule has 140 valence electrons. The van der Waals surface area contributed by atoms with Gasteiger partial charge in [-0.2, -0.15) is 4.28 Å². The van der Waals surface area contributed by atoms with Gasteiger partial charge < -0.3 is 3.52 Å². The lowest BCUT2D eigenvalue weighted by atomic mass is 9.89. The van der Waals surface area contributed by atoms with Crippen LogP contribution in [0.4, 0.5) is 43.0 Å². The first-order valence-electron chi connectivity index (χ1n) is 6.71. The third-order valence-corrected chi connectivity index (χ3v) is 4.48. The van der Waals surface area contributed by atoms with Crippen LogP contribution in [-0.4, -0.2) is 15.7 Å². The lowest BCUT2D eigenvalue weighted by molar-refractivity contribution is 0.377. The molecule has 0 atom stereocenters. The fraction of sp³-hybridized carbons (Fsp3) is 0.200. The van der Waals surface area contributed by atoms with E-state index in [0.29, 0.717) is 0 Å². The van der Waals surface area contributed by atoms with E-state index < -0.39 is 89.0 Å². The molecule has 2 rings (SSSR count). The molecule has 2 radical (unpaired) electrons. The Bertz CT molecular complexity index is 878. The van der Waals surface area contributed by atoms with Crippen molar-refractivity contribution in [3.63, 3.8) is 0 Å². The second-order valence-electron chi connectivity index (χ2n) is 5.78. The van der Waals surface area contributed by atoms with Gasteiger partial charge in [0.25, 0.3) is 0 Å². The van der Waals surface area contributed by atoms with Gasteiger partial charge in [-0.1, -0.05) is 13.8 Å². The van der Waals surface area contributed by atoms with Gasteiger partial charge in [0, 0.05) is 21.2 Å². The summed E-state index contributed by atoms with van der Waals surface area (Å²) in [5.41, 5.74) is -5.17. The fourth-order valence-corrected chi connectivity index (χ4v) is 2.73. The highest BCUT2D eigenvalue weighted by Gasteiger charge is 2.36. The average Bonchev–Trinajstić information content (AvgIpc) is 2.60. The molecule has 0 heterocycles. The summed E-state index contributed by atoms with van der Waals surface area (Å²) >= 11 is -2.36. The molecule has 0 aliphatic carbocycles.